The van der Waals surface area contributed by atoms with Gasteiger partial charge in [-0.15, -0.1) is 11.3 Å². The second-order valence-corrected chi connectivity index (χ2v) is 8.45. The molecular weight excluding hydrogens is 362 g/mol. The topological polar surface area (TPSA) is 29.0 Å². The van der Waals surface area contributed by atoms with Gasteiger partial charge in [0.05, 0.1) is 27.8 Å². The highest BCUT2D eigenvalue weighted by atomic mass is 32.1. The van der Waals surface area contributed by atoms with E-state index in [2.05, 4.69) is 70.7 Å². The Bertz CT molecular complexity index is 1090. The Morgan fingerprint density at radius 1 is 1.11 bits per heavy atom. The predicted octanol–water partition coefficient (Wildman–Crippen LogP) is 6.00. The third-order valence-corrected chi connectivity index (χ3v) is 6.52. The number of hydrogen-bond acceptors (Lipinski definition) is 4. The summed E-state index contributed by atoms with van der Waals surface area (Å²) in [6, 6.07) is 19.7. The van der Waals surface area contributed by atoms with Gasteiger partial charge in [-0.2, -0.15) is 0 Å². The molecule has 140 valence electrons. The summed E-state index contributed by atoms with van der Waals surface area (Å²) in [5, 5.41) is 3.36. The van der Waals surface area contributed by atoms with Crippen LogP contribution in [0.25, 0.3) is 21.5 Å². The van der Waals surface area contributed by atoms with Gasteiger partial charge in [-0.25, -0.2) is 4.98 Å². The van der Waals surface area contributed by atoms with Gasteiger partial charge in [-0.3, -0.25) is 9.88 Å². The molecule has 1 aliphatic heterocycles. The third kappa shape index (κ3) is 3.23. The maximum absolute atomic E-state index is 5.13. The first kappa shape index (κ1) is 17.5. The van der Waals surface area contributed by atoms with E-state index in [-0.39, 0.29) is 0 Å². The molecule has 3 aromatic heterocycles. The van der Waals surface area contributed by atoms with E-state index in [1.165, 1.54) is 39.9 Å². The van der Waals surface area contributed by atoms with E-state index in [4.69, 9.17) is 4.98 Å². The lowest BCUT2D eigenvalue weighted by Crippen LogP contribution is -2.24. The second-order valence-electron chi connectivity index (χ2n) is 7.50. The van der Waals surface area contributed by atoms with E-state index >= 15 is 0 Å². The molecule has 4 heterocycles. The van der Waals surface area contributed by atoms with Crippen LogP contribution in [-0.4, -0.2) is 21.4 Å². The molecule has 1 aliphatic rings. The lowest BCUT2D eigenvalue weighted by Gasteiger charge is -2.25. The molecule has 1 saturated heterocycles. The molecule has 1 atom stereocenters. The van der Waals surface area contributed by atoms with Crippen LogP contribution >= 0.6 is 11.3 Å². The van der Waals surface area contributed by atoms with Crippen molar-refractivity contribution in [3.05, 3.63) is 83.0 Å². The number of aryl methyl sites for hydroxylation is 1. The largest absolute Gasteiger partial charge is 0.290 e. The first-order valence-electron chi connectivity index (χ1n) is 9.88. The number of pyridine rings is 2. The lowest BCUT2D eigenvalue weighted by atomic mass is 10.0. The average Bonchev–Trinajstić information content (AvgIpc) is 3.41. The highest BCUT2D eigenvalue weighted by Crippen LogP contribution is 2.36. The molecule has 0 spiro atoms. The van der Waals surface area contributed by atoms with Crippen molar-refractivity contribution < 1.29 is 0 Å². The van der Waals surface area contributed by atoms with Gasteiger partial charge >= 0.3 is 0 Å². The van der Waals surface area contributed by atoms with Crippen LogP contribution in [0.5, 0.6) is 0 Å². The van der Waals surface area contributed by atoms with Gasteiger partial charge in [0, 0.05) is 18.1 Å². The minimum Gasteiger partial charge on any atom is -0.290 e. The fourth-order valence-corrected chi connectivity index (χ4v) is 5.03. The Morgan fingerprint density at radius 3 is 2.89 bits per heavy atom. The first-order chi connectivity index (χ1) is 13.8. The number of rotatable bonds is 4. The minimum atomic E-state index is 0.394. The number of likely N-dealkylation sites (tertiary alicyclic amines) is 1. The predicted molar refractivity (Wildman–Crippen MR) is 116 cm³/mol. The Kier molecular flexibility index (Phi) is 4.67. The standard InChI is InChI=1S/C24H23N3S/c1-17-7-4-8-18-15-19(24(26-23(17)18)22-11-6-14-28-22)16-27-13-5-10-21(27)20-9-2-3-12-25-20/h2-4,6-9,11-12,14-15,21H,5,10,13,16H2,1H3. The smallest absolute Gasteiger partial charge is 0.0854 e. The van der Waals surface area contributed by atoms with Gasteiger partial charge in [0.1, 0.15) is 0 Å². The van der Waals surface area contributed by atoms with Gasteiger partial charge in [-0.05, 0) is 67.1 Å². The SMILES string of the molecule is Cc1cccc2cc(CN3CCCC3c3ccccn3)c(-c3cccs3)nc12. The lowest BCUT2D eigenvalue weighted by molar-refractivity contribution is 0.244. The molecule has 0 bridgehead atoms. The van der Waals surface area contributed by atoms with Gasteiger partial charge in [0.25, 0.3) is 0 Å². The van der Waals surface area contributed by atoms with Crippen molar-refractivity contribution in [1.82, 2.24) is 14.9 Å². The molecule has 0 saturated carbocycles. The van der Waals surface area contributed by atoms with E-state index in [1.807, 2.05) is 12.3 Å². The van der Waals surface area contributed by atoms with Crippen LogP contribution in [0.4, 0.5) is 0 Å². The zero-order chi connectivity index (χ0) is 18.9. The summed E-state index contributed by atoms with van der Waals surface area (Å²) in [5.41, 5.74) is 5.96. The molecule has 4 aromatic rings. The van der Waals surface area contributed by atoms with E-state index in [1.54, 1.807) is 11.3 Å². The molecule has 5 rings (SSSR count). The summed E-state index contributed by atoms with van der Waals surface area (Å²) in [4.78, 5) is 13.6. The van der Waals surface area contributed by atoms with E-state index in [0.717, 1.165) is 24.3 Å². The van der Waals surface area contributed by atoms with Crippen molar-refractivity contribution in [2.75, 3.05) is 6.54 Å². The number of para-hydroxylation sites is 1. The van der Waals surface area contributed by atoms with E-state index < -0.39 is 0 Å². The zero-order valence-corrected chi connectivity index (χ0v) is 16.8. The Morgan fingerprint density at radius 2 is 2.07 bits per heavy atom. The fourth-order valence-electron chi connectivity index (χ4n) is 4.28. The number of hydrogen-bond donors (Lipinski definition) is 0. The van der Waals surface area contributed by atoms with Crippen molar-refractivity contribution in [1.29, 1.82) is 0 Å². The Hall–Kier alpha value is -2.56. The maximum atomic E-state index is 5.13. The molecule has 1 aromatic carbocycles. The third-order valence-electron chi connectivity index (χ3n) is 5.65. The summed E-state index contributed by atoms with van der Waals surface area (Å²) >= 11 is 1.77. The average molecular weight is 386 g/mol. The molecule has 28 heavy (non-hydrogen) atoms. The molecule has 0 aliphatic carbocycles. The van der Waals surface area contributed by atoms with Crippen LogP contribution in [0.15, 0.2) is 66.2 Å². The van der Waals surface area contributed by atoms with Crippen LogP contribution in [-0.2, 0) is 6.54 Å². The number of thiophene rings is 1. The van der Waals surface area contributed by atoms with Crippen molar-refractivity contribution >= 4 is 22.2 Å². The molecule has 1 unspecified atom stereocenters. The quantitative estimate of drug-likeness (QED) is 0.431. The zero-order valence-electron chi connectivity index (χ0n) is 16.0. The Labute approximate surface area is 169 Å². The highest BCUT2D eigenvalue weighted by molar-refractivity contribution is 7.13. The first-order valence-corrected chi connectivity index (χ1v) is 10.8. The summed E-state index contributed by atoms with van der Waals surface area (Å²) in [5.74, 6) is 0. The summed E-state index contributed by atoms with van der Waals surface area (Å²) < 4.78 is 0. The number of nitrogens with zero attached hydrogens (tertiary/aromatic N) is 3. The van der Waals surface area contributed by atoms with Crippen LogP contribution in [0, 0.1) is 6.92 Å². The summed E-state index contributed by atoms with van der Waals surface area (Å²) in [7, 11) is 0. The molecule has 0 amide bonds. The van der Waals surface area contributed by atoms with Crippen molar-refractivity contribution in [2.24, 2.45) is 0 Å². The molecule has 0 N–H and O–H groups in total. The Balaban J connectivity index is 1.57. The number of fused-ring (bicyclic) bond motifs is 1. The van der Waals surface area contributed by atoms with Gasteiger partial charge in [0.2, 0.25) is 0 Å². The molecular formula is C24H23N3S. The van der Waals surface area contributed by atoms with Crippen LogP contribution in [0.3, 0.4) is 0 Å². The molecule has 4 heteroatoms. The summed E-state index contributed by atoms with van der Waals surface area (Å²) in [6.45, 7) is 4.16. The second kappa shape index (κ2) is 7.46. The molecule has 1 fully saturated rings. The number of aromatic nitrogens is 2. The van der Waals surface area contributed by atoms with Crippen molar-refractivity contribution in [3.8, 4) is 10.6 Å². The summed E-state index contributed by atoms with van der Waals surface area (Å²) in [6.07, 6.45) is 4.30. The van der Waals surface area contributed by atoms with Gasteiger partial charge in [0.15, 0.2) is 0 Å². The van der Waals surface area contributed by atoms with Crippen LogP contribution < -0.4 is 0 Å². The fraction of sp³-hybridized carbons (Fsp3) is 0.250. The number of benzene rings is 1. The molecule has 3 nitrogen and oxygen atoms in total. The van der Waals surface area contributed by atoms with Crippen molar-refractivity contribution in [3.63, 3.8) is 0 Å². The molecule has 0 radical (unpaired) electrons. The van der Waals surface area contributed by atoms with Gasteiger partial charge in [-0.1, -0.05) is 30.3 Å². The highest BCUT2D eigenvalue weighted by Gasteiger charge is 2.28. The van der Waals surface area contributed by atoms with Crippen LogP contribution in [0.2, 0.25) is 0 Å². The van der Waals surface area contributed by atoms with E-state index in [0.29, 0.717) is 6.04 Å². The van der Waals surface area contributed by atoms with E-state index in [9.17, 15) is 0 Å². The van der Waals surface area contributed by atoms with Crippen molar-refractivity contribution in [2.45, 2.75) is 32.4 Å². The maximum Gasteiger partial charge on any atom is 0.0854 e. The van der Waals surface area contributed by atoms with Crippen LogP contribution in [0.1, 0.15) is 35.7 Å². The monoisotopic (exact) mass is 385 g/mol. The minimum absolute atomic E-state index is 0.394. The van der Waals surface area contributed by atoms with Gasteiger partial charge < -0.3 is 0 Å². The normalized spacial score (nSPS) is 17.4.